The minimum Gasteiger partial charge on any atom is -0.465 e. The van der Waals surface area contributed by atoms with Crippen LogP contribution in [-0.2, 0) is 9.47 Å². The van der Waals surface area contributed by atoms with Gasteiger partial charge in [-0.1, -0.05) is 11.6 Å². The number of ether oxygens (including phenoxy) is 2. The summed E-state index contributed by atoms with van der Waals surface area (Å²) in [5, 5.41) is -0.0924. The normalized spacial score (nSPS) is 10.9. The molecule has 0 bridgehead atoms. The summed E-state index contributed by atoms with van der Waals surface area (Å²) in [5.41, 5.74) is -0.472. The molecule has 0 radical (unpaired) electrons. The van der Waals surface area contributed by atoms with Crippen LogP contribution in [0.5, 0.6) is 0 Å². The average molecular weight is 272 g/mol. The molecule has 0 atom stereocenters. The third kappa shape index (κ3) is 3.70. The number of nitrogens with zero attached hydrogens (tertiary/aromatic N) is 1. The van der Waals surface area contributed by atoms with E-state index < -0.39 is 17.5 Å². The van der Waals surface area contributed by atoms with Gasteiger partial charge in [-0.05, 0) is 32.9 Å². The number of halogens is 1. The molecule has 0 saturated heterocycles. The van der Waals surface area contributed by atoms with Crippen LogP contribution in [0.4, 0.5) is 0 Å². The van der Waals surface area contributed by atoms with Crippen molar-refractivity contribution in [3.05, 3.63) is 28.5 Å². The van der Waals surface area contributed by atoms with E-state index in [1.165, 1.54) is 19.2 Å². The summed E-state index contributed by atoms with van der Waals surface area (Å²) in [5.74, 6) is -1.20. The zero-order valence-electron chi connectivity index (χ0n) is 10.6. The molecule has 0 saturated carbocycles. The SMILES string of the molecule is COC(=O)c1ccc(C(=O)OC(C)(C)C)nc1Cl. The minimum atomic E-state index is -0.619. The highest BCUT2D eigenvalue weighted by Crippen LogP contribution is 2.17. The molecule has 0 spiro atoms. The summed E-state index contributed by atoms with van der Waals surface area (Å²) < 4.78 is 9.65. The molecule has 1 heterocycles. The summed E-state index contributed by atoms with van der Waals surface area (Å²) in [4.78, 5) is 26.8. The van der Waals surface area contributed by atoms with E-state index in [1.54, 1.807) is 20.8 Å². The van der Waals surface area contributed by atoms with Crippen LogP contribution in [0.25, 0.3) is 0 Å². The molecule has 6 heteroatoms. The standard InChI is InChI=1S/C12H14ClNO4/c1-12(2,3)18-11(16)8-6-5-7(9(13)14-8)10(15)17-4/h5-6H,1-4H3. The van der Waals surface area contributed by atoms with Gasteiger partial charge in [0.2, 0.25) is 0 Å². The van der Waals surface area contributed by atoms with Gasteiger partial charge in [0.1, 0.15) is 16.4 Å². The highest BCUT2D eigenvalue weighted by molar-refractivity contribution is 6.32. The second kappa shape index (κ2) is 5.35. The van der Waals surface area contributed by atoms with E-state index in [0.717, 1.165) is 0 Å². The zero-order valence-corrected chi connectivity index (χ0v) is 11.4. The Bertz CT molecular complexity index is 479. The number of carbonyl (C=O) groups excluding carboxylic acids is 2. The first-order valence-electron chi connectivity index (χ1n) is 5.23. The van der Waals surface area contributed by atoms with Gasteiger partial charge in [-0.15, -0.1) is 0 Å². The average Bonchev–Trinajstić information content (AvgIpc) is 2.25. The Hall–Kier alpha value is -1.62. The number of esters is 2. The lowest BCUT2D eigenvalue weighted by Crippen LogP contribution is -2.24. The molecule has 1 aromatic heterocycles. The molecule has 0 fully saturated rings. The number of aromatic nitrogens is 1. The Morgan fingerprint density at radius 3 is 2.28 bits per heavy atom. The molecule has 0 aliphatic rings. The maximum absolute atomic E-state index is 11.7. The van der Waals surface area contributed by atoms with E-state index in [-0.39, 0.29) is 16.4 Å². The van der Waals surface area contributed by atoms with Crippen molar-refractivity contribution in [2.45, 2.75) is 26.4 Å². The third-order valence-corrected chi connectivity index (χ3v) is 2.15. The first-order chi connectivity index (χ1) is 8.24. The van der Waals surface area contributed by atoms with Gasteiger partial charge >= 0.3 is 11.9 Å². The Morgan fingerprint density at radius 1 is 1.22 bits per heavy atom. The van der Waals surface area contributed by atoms with E-state index in [9.17, 15) is 9.59 Å². The highest BCUT2D eigenvalue weighted by Gasteiger charge is 2.21. The predicted octanol–water partition coefficient (Wildman–Crippen LogP) is 2.48. The Balaban J connectivity index is 2.98. The van der Waals surface area contributed by atoms with Gasteiger partial charge in [-0.25, -0.2) is 14.6 Å². The minimum absolute atomic E-state index is 0.0441. The third-order valence-electron chi connectivity index (χ3n) is 1.86. The van der Waals surface area contributed by atoms with Crippen LogP contribution in [0.15, 0.2) is 12.1 Å². The summed E-state index contributed by atoms with van der Waals surface area (Å²) in [6.45, 7) is 5.24. The first-order valence-corrected chi connectivity index (χ1v) is 5.60. The molecule has 98 valence electrons. The number of methoxy groups -OCH3 is 1. The molecule has 0 amide bonds. The zero-order chi connectivity index (χ0) is 13.9. The molecule has 0 unspecified atom stereocenters. The van der Waals surface area contributed by atoms with Crippen LogP contribution < -0.4 is 0 Å². The van der Waals surface area contributed by atoms with Gasteiger partial charge in [0, 0.05) is 0 Å². The molecule has 5 nitrogen and oxygen atoms in total. The van der Waals surface area contributed by atoms with E-state index in [4.69, 9.17) is 16.3 Å². The smallest absolute Gasteiger partial charge is 0.357 e. The van der Waals surface area contributed by atoms with Gasteiger partial charge in [-0.2, -0.15) is 0 Å². The lowest BCUT2D eigenvalue weighted by atomic mass is 10.2. The number of hydrogen-bond donors (Lipinski definition) is 0. The second-order valence-corrected chi connectivity index (χ2v) is 4.89. The number of hydrogen-bond acceptors (Lipinski definition) is 5. The van der Waals surface area contributed by atoms with Crippen molar-refractivity contribution in [1.82, 2.24) is 4.98 Å². The van der Waals surface area contributed by atoms with Crippen LogP contribution in [0.1, 0.15) is 41.6 Å². The summed E-state index contributed by atoms with van der Waals surface area (Å²) in [6.07, 6.45) is 0. The maximum atomic E-state index is 11.7. The first kappa shape index (κ1) is 14.4. The molecule has 1 rings (SSSR count). The number of carbonyl (C=O) groups is 2. The Kier molecular flexibility index (Phi) is 4.29. The summed E-state index contributed by atoms with van der Waals surface area (Å²) in [6, 6.07) is 2.74. The fourth-order valence-electron chi connectivity index (χ4n) is 1.14. The summed E-state index contributed by atoms with van der Waals surface area (Å²) in [7, 11) is 1.24. The largest absolute Gasteiger partial charge is 0.465 e. The van der Waals surface area contributed by atoms with Gasteiger partial charge in [0.15, 0.2) is 0 Å². The second-order valence-electron chi connectivity index (χ2n) is 4.53. The van der Waals surface area contributed by atoms with Crippen molar-refractivity contribution >= 4 is 23.5 Å². The van der Waals surface area contributed by atoms with Crippen LogP contribution in [0, 0.1) is 0 Å². The van der Waals surface area contributed by atoms with Gasteiger partial charge in [0.25, 0.3) is 0 Å². The Morgan fingerprint density at radius 2 is 1.83 bits per heavy atom. The molecule has 0 N–H and O–H groups in total. The fraction of sp³-hybridized carbons (Fsp3) is 0.417. The number of pyridine rings is 1. The van der Waals surface area contributed by atoms with Gasteiger partial charge < -0.3 is 9.47 Å². The van der Waals surface area contributed by atoms with E-state index in [2.05, 4.69) is 9.72 Å². The van der Waals surface area contributed by atoms with Crippen molar-refractivity contribution < 1.29 is 19.1 Å². The van der Waals surface area contributed by atoms with E-state index >= 15 is 0 Å². The van der Waals surface area contributed by atoms with Crippen LogP contribution >= 0.6 is 11.6 Å². The monoisotopic (exact) mass is 271 g/mol. The van der Waals surface area contributed by atoms with Crippen molar-refractivity contribution in [3.63, 3.8) is 0 Å². The lowest BCUT2D eigenvalue weighted by Gasteiger charge is -2.19. The summed E-state index contributed by atoms with van der Waals surface area (Å²) >= 11 is 5.80. The molecular weight excluding hydrogens is 258 g/mol. The van der Waals surface area contributed by atoms with Crippen LogP contribution in [0.2, 0.25) is 5.15 Å². The maximum Gasteiger partial charge on any atom is 0.357 e. The van der Waals surface area contributed by atoms with Gasteiger partial charge in [-0.3, -0.25) is 0 Å². The van der Waals surface area contributed by atoms with Crippen molar-refractivity contribution in [2.75, 3.05) is 7.11 Å². The lowest BCUT2D eigenvalue weighted by molar-refractivity contribution is 0.00623. The van der Waals surface area contributed by atoms with Gasteiger partial charge in [0.05, 0.1) is 12.7 Å². The quantitative estimate of drug-likeness (QED) is 0.611. The fourth-order valence-corrected chi connectivity index (χ4v) is 1.37. The van der Waals surface area contributed by atoms with Crippen molar-refractivity contribution in [1.29, 1.82) is 0 Å². The highest BCUT2D eigenvalue weighted by atomic mass is 35.5. The van der Waals surface area contributed by atoms with E-state index in [0.29, 0.717) is 0 Å². The van der Waals surface area contributed by atoms with Crippen molar-refractivity contribution in [3.8, 4) is 0 Å². The topological polar surface area (TPSA) is 65.5 Å². The molecular formula is C12H14ClNO4. The van der Waals surface area contributed by atoms with E-state index in [1.807, 2.05) is 0 Å². The molecule has 18 heavy (non-hydrogen) atoms. The van der Waals surface area contributed by atoms with Crippen molar-refractivity contribution in [2.24, 2.45) is 0 Å². The predicted molar refractivity (Wildman–Crippen MR) is 65.8 cm³/mol. The van der Waals surface area contributed by atoms with Crippen LogP contribution in [-0.4, -0.2) is 29.6 Å². The molecule has 0 aliphatic heterocycles. The Labute approximate surface area is 110 Å². The molecule has 0 aromatic carbocycles. The molecule has 0 aliphatic carbocycles. The number of rotatable bonds is 2. The molecule has 1 aromatic rings. The van der Waals surface area contributed by atoms with Crippen LogP contribution in [0.3, 0.4) is 0 Å².